The number of rotatable bonds is 9. The molecule has 2 atom stereocenters. The van der Waals surface area contributed by atoms with E-state index in [2.05, 4.69) is 5.32 Å². The van der Waals surface area contributed by atoms with Gasteiger partial charge in [-0.15, -0.1) is 0 Å². The van der Waals surface area contributed by atoms with E-state index in [9.17, 15) is 9.59 Å². The molecule has 6 heteroatoms. The fourth-order valence-electron chi connectivity index (χ4n) is 1.67. The molecular weight excluding hydrogens is 248 g/mol. The molecule has 0 heterocycles. The summed E-state index contributed by atoms with van der Waals surface area (Å²) in [5.41, 5.74) is 5.66. The third-order valence-corrected chi connectivity index (χ3v) is 2.58. The summed E-state index contributed by atoms with van der Waals surface area (Å²) in [6, 6.07) is -1.37. The summed E-state index contributed by atoms with van der Waals surface area (Å²) in [6.45, 7) is 7.67. The molecule has 0 saturated carbocycles. The van der Waals surface area contributed by atoms with Crippen molar-refractivity contribution in [3.05, 3.63) is 0 Å². The van der Waals surface area contributed by atoms with Crippen molar-refractivity contribution in [2.75, 3.05) is 6.73 Å². The van der Waals surface area contributed by atoms with Crippen molar-refractivity contribution < 1.29 is 19.4 Å². The summed E-state index contributed by atoms with van der Waals surface area (Å²) in [6.07, 6.45) is 1.03. The molecule has 0 aliphatic rings. The van der Waals surface area contributed by atoms with E-state index in [1.165, 1.54) is 0 Å². The van der Waals surface area contributed by atoms with Crippen LogP contribution in [0.25, 0.3) is 0 Å². The van der Waals surface area contributed by atoms with Crippen molar-refractivity contribution in [2.24, 2.45) is 17.6 Å². The predicted molar refractivity (Wildman–Crippen MR) is 72.4 cm³/mol. The number of hydrogen-bond acceptors (Lipinski definition) is 5. The molecule has 0 unspecified atom stereocenters. The van der Waals surface area contributed by atoms with E-state index in [4.69, 9.17) is 15.6 Å². The van der Waals surface area contributed by atoms with E-state index < -0.39 is 24.0 Å². The Morgan fingerprint density at radius 2 is 1.68 bits per heavy atom. The summed E-state index contributed by atoms with van der Waals surface area (Å²) < 4.78 is 4.93. The number of ether oxygens (including phenoxy) is 1. The van der Waals surface area contributed by atoms with E-state index in [1.54, 1.807) is 0 Å². The molecule has 4 N–H and O–H groups in total. The van der Waals surface area contributed by atoms with Crippen molar-refractivity contribution in [1.82, 2.24) is 5.32 Å². The Labute approximate surface area is 114 Å². The molecule has 0 amide bonds. The lowest BCUT2D eigenvalue weighted by molar-refractivity contribution is -0.149. The molecule has 0 aliphatic carbocycles. The van der Waals surface area contributed by atoms with Gasteiger partial charge in [0.1, 0.15) is 18.8 Å². The molecule has 0 fully saturated rings. The normalized spacial score (nSPS) is 14.5. The largest absolute Gasteiger partial charge is 0.480 e. The average Bonchev–Trinajstić information content (AvgIpc) is 2.25. The lowest BCUT2D eigenvalue weighted by atomic mass is 10.0. The van der Waals surface area contributed by atoms with Crippen molar-refractivity contribution in [2.45, 2.75) is 52.6 Å². The number of carboxylic acids is 1. The van der Waals surface area contributed by atoms with Crippen LogP contribution in [0.5, 0.6) is 0 Å². The van der Waals surface area contributed by atoms with E-state index >= 15 is 0 Å². The Balaban J connectivity index is 4.05. The molecule has 19 heavy (non-hydrogen) atoms. The van der Waals surface area contributed by atoms with Crippen LogP contribution in [0.4, 0.5) is 0 Å². The molecule has 0 bridgehead atoms. The molecule has 0 rings (SSSR count). The van der Waals surface area contributed by atoms with Gasteiger partial charge < -0.3 is 15.6 Å². The monoisotopic (exact) mass is 274 g/mol. The van der Waals surface area contributed by atoms with Gasteiger partial charge in [-0.1, -0.05) is 27.7 Å². The minimum absolute atomic E-state index is 0.131. The predicted octanol–water partition coefficient (Wildman–Crippen LogP) is 0.949. The first kappa shape index (κ1) is 17.9. The van der Waals surface area contributed by atoms with Gasteiger partial charge in [0.05, 0.1) is 0 Å². The van der Waals surface area contributed by atoms with Crippen molar-refractivity contribution in [3.63, 3.8) is 0 Å². The van der Waals surface area contributed by atoms with E-state index in [1.807, 2.05) is 27.7 Å². The average molecular weight is 274 g/mol. The maximum atomic E-state index is 11.5. The Hall–Kier alpha value is -1.14. The standard InChI is InChI=1S/C13H26N2O4/c1-8(2)5-10(14)13(18)19-7-15-11(12(16)17)6-9(3)4/h8-11,15H,5-7,14H2,1-4H3,(H,16,17)/t10-,11-/m0/s1. The van der Waals surface area contributed by atoms with Gasteiger partial charge in [-0.25, -0.2) is 0 Å². The van der Waals surface area contributed by atoms with Crippen LogP contribution in [0.2, 0.25) is 0 Å². The summed E-state index contributed by atoms with van der Waals surface area (Å²) in [5, 5.41) is 11.7. The first-order valence-electron chi connectivity index (χ1n) is 6.62. The van der Waals surface area contributed by atoms with Gasteiger partial charge in [0, 0.05) is 0 Å². The topological polar surface area (TPSA) is 102 Å². The summed E-state index contributed by atoms with van der Waals surface area (Å²) in [5.74, 6) is -0.901. The molecule has 0 radical (unpaired) electrons. The first-order chi connectivity index (χ1) is 8.73. The number of carboxylic acid groups (broad SMARTS) is 1. The second-order valence-corrected chi connectivity index (χ2v) is 5.57. The molecular formula is C13H26N2O4. The van der Waals surface area contributed by atoms with E-state index in [-0.39, 0.29) is 12.6 Å². The van der Waals surface area contributed by atoms with E-state index in [0.29, 0.717) is 18.8 Å². The fourth-order valence-corrected chi connectivity index (χ4v) is 1.67. The van der Waals surface area contributed by atoms with Crippen LogP contribution in [0.3, 0.4) is 0 Å². The lowest BCUT2D eigenvalue weighted by Gasteiger charge is -2.18. The Morgan fingerprint density at radius 3 is 2.11 bits per heavy atom. The lowest BCUT2D eigenvalue weighted by Crippen LogP contribution is -2.41. The maximum Gasteiger partial charge on any atom is 0.324 e. The SMILES string of the molecule is CC(C)C[C@H](NCOC(=O)[C@@H](N)CC(C)C)C(=O)O. The smallest absolute Gasteiger partial charge is 0.324 e. The second kappa shape index (κ2) is 8.87. The van der Waals surface area contributed by atoms with Gasteiger partial charge in [-0.05, 0) is 24.7 Å². The van der Waals surface area contributed by atoms with Crippen LogP contribution in [0.1, 0.15) is 40.5 Å². The minimum atomic E-state index is -0.948. The maximum absolute atomic E-state index is 11.5. The first-order valence-corrected chi connectivity index (χ1v) is 6.62. The quantitative estimate of drug-likeness (QED) is 0.427. The molecule has 0 spiro atoms. The van der Waals surface area contributed by atoms with Crippen LogP contribution >= 0.6 is 0 Å². The number of aliphatic carboxylic acids is 1. The molecule has 0 aromatic carbocycles. The Kier molecular flexibility index (Phi) is 8.34. The van der Waals surface area contributed by atoms with Crippen LogP contribution in [0.15, 0.2) is 0 Å². The van der Waals surface area contributed by atoms with Crippen LogP contribution in [0, 0.1) is 11.8 Å². The van der Waals surface area contributed by atoms with Crippen LogP contribution < -0.4 is 11.1 Å². The number of carbonyl (C=O) groups excluding carboxylic acids is 1. The zero-order valence-electron chi connectivity index (χ0n) is 12.2. The Morgan fingerprint density at radius 1 is 1.16 bits per heavy atom. The summed E-state index contributed by atoms with van der Waals surface area (Å²) >= 11 is 0. The zero-order valence-corrected chi connectivity index (χ0v) is 12.2. The molecule has 0 aromatic rings. The van der Waals surface area contributed by atoms with Crippen LogP contribution in [-0.2, 0) is 14.3 Å². The van der Waals surface area contributed by atoms with Gasteiger partial charge in [0.15, 0.2) is 0 Å². The third-order valence-electron chi connectivity index (χ3n) is 2.58. The van der Waals surface area contributed by atoms with Gasteiger partial charge in [0.25, 0.3) is 0 Å². The third kappa shape index (κ3) is 8.56. The fraction of sp³-hybridized carbons (Fsp3) is 0.846. The molecule has 112 valence electrons. The van der Waals surface area contributed by atoms with Gasteiger partial charge >= 0.3 is 11.9 Å². The highest BCUT2D eigenvalue weighted by molar-refractivity contribution is 5.75. The van der Waals surface area contributed by atoms with Gasteiger partial charge in [-0.2, -0.15) is 0 Å². The molecule has 6 nitrogen and oxygen atoms in total. The number of carbonyl (C=O) groups is 2. The summed E-state index contributed by atoms with van der Waals surface area (Å²) in [4.78, 5) is 22.5. The number of nitrogens with two attached hydrogens (primary N) is 1. The Bertz CT molecular complexity index is 292. The van der Waals surface area contributed by atoms with E-state index in [0.717, 1.165) is 0 Å². The highest BCUT2D eigenvalue weighted by Gasteiger charge is 2.20. The van der Waals surface area contributed by atoms with Crippen molar-refractivity contribution >= 4 is 11.9 Å². The van der Waals surface area contributed by atoms with Crippen molar-refractivity contribution in [1.29, 1.82) is 0 Å². The number of nitrogens with one attached hydrogen (secondary N) is 1. The van der Waals surface area contributed by atoms with Gasteiger partial charge in [0.2, 0.25) is 0 Å². The molecule has 0 saturated heterocycles. The second-order valence-electron chi connectivity index (χ2n) is 5.57. The summed E-state index contributed by atoms with van der Waals surface area (Å²) in [7, 11) is 0. The van der Waals surface area contributed by atoms with Crippen molar-refractivity contribution in [3.8, 4) is 0 Å². The number of hydrogen-bond donors (Lipinski definition) is 3. The molecule has 0 aliphatic heterocycles. The number of esters is 1. The van der Waals surface area contributed by atoms with Crippen LogP contribution in [-0.4, -0.2) is 35.9 Å². The zero-order chi connectivity index (χ0) is 15.0. The molecule has 0 aromatic heterocycles. The van der Waals surface area contributed by atoms with Gasteiger partial charge in [-0.3, -0.25) is 14.9 Å². The highest BCUT2D eigenvalue weighted by atomic mass is 16.5. The minimum Gasteiger partial charge on any atom is -0.480 e. The highest BCUT2D eigenvalue weighted by Crippen LogP contribution is 2.06.